The molecule has 2 fully saturated rings. The van der Waals surface area contributed by atoms with Crippen LogP contribution in [0.15, 0.2) is 30.7 Å². The van der Waals surface area contributed by atoms with E-state index in [1.807, 2.05) is 26.2 Å². The second kappa shape index (κ2) is 10.6. The number of nitrogens with one attached hydrogen (secondary N) is 2. The van der Waals surface area contributed by atoms with Gasteiger partial charge in [0.25, 0.3) is 5.88 Å². The maximum atomic E-state index is 13.5. The van der Waals surface area contributed by atoms with Gasteiger partial charge in [0.2, 0.25) is 11.9 Å². The van der Waals surface area contributed by atoms with Gasteiger partial charge in [-0.25, -0.2) is 15.0 Å². The van der Waals surface area contributed by atoms with Gasteiger partial charge in [0.1, 0.15) is 11.5 Å². The second-order valence-corrected chi connectivity index (χ2v) is 11.0. The minimum atomic E-state index is -0.174. The fourth-order valence-corrected chi connectivity index (χ4v) is 6.00. The van der Waals surface area contributed by atoms with Gasteiger partial charge in [0.15, 0.2) is 0 Å². The molecule has 1 unspecified atom stereocenters. The van der Waals surface area contributed by atoms with Gasteiger partial charge in [-0.3, -0.25) is 14.4 Å². The SMILES string of the molecule is CCC(C(=O)Nc1nccc2c1CC=C2c1nc(Nc2cn(C)nc2OC)ncc1C)N1CCC2(CC1)COC2. The molecule has 5 heterocycles. The Morgan fingerprint density at radius 3 is 2.75 bits per heavy atom. The number of likely N-dealkylation sites (tertiary alicyclic amines) is 1. The fourth-order valence-electron chi connectivity index (χ4n) is 6.00. The molecular formula is C29H36N8O3. The molecule has 3 aliphatic rings. The molecule has 6 rings (SSSR count). The molecule has 210 valence electrons. The normalized spacial score (nSPS) is 18.6. The number of aromatic nitrogens is 5. The number of carbonyl (C=O) groups excluding carboxylic acids is 1. The molecule has 1 atom stereocenters. The number of ether oxygens (including phenoxy) is 2. The van der Waals surface area contributed by atoms with E-state index >= 15 is 0 Å². The van der Waals surface area contributed by atoms with Gasteiger partial charge >= 0.3 is 0 Å². The lowest BCUT2D eigenvalue weighted by Gasteiger charge is -2.48. The number of piperidine rings is 1. The number of rotatable bonds is 8. The van der Waals surface area contributed by atoms with Crippen LogP contribution in [-0.4, -0.2) is 75.0 Å². The van der Waals surface area contributed by atoms with Crippen LogP contribution in [0, 0.1) is 12.3 Å². The molecule has 1 spiro atoms. The highest BCUT2D eigenvalue weighted by Gasteiger charge is 2.43. The second-order valence-electron chi connectivity index (χ2n) is 11.0. The fraction of sp³-hybridized carbons (Fsp3) is 0.483. The average molecular weight is 545 g/mol. The number of pyridine rings is 1. The minimum Gasteiger partial charge on any atom is -0.478 e. The predicted octanol–water partition coefficient (Wildman–Crippen LogP) is 3.48. The van der Waals surface area contributed by atoms with Crippen LogP contribution in [0.4, 0.5) is 17.5 Å². The van der Waals surface area contributed by atoms with Gasteiger partial charge in [0.05, 0.1) is 38.3 Å². The Morgan fingerprint density at radius 1 is 1.25 bits per heavy atom. The van der Waals surface area contributed by atoms with Gasteiger partial charge in [0, 0.05) is 36.0 Å². The first-order chi connectivity index (χ1) is 19.4. The minimum absolute atomic E-state index is 0.00720. The summed E-state index contributed by atoms with van der Waals surface area (Å²) in [6.45, 7) is 7.65. The van der Waals surface area contributed by atoms with Gasteiger partial charge in [-0.15, -0.1) is 5.10 Å². The molecule has 0 saturated carbocycles. The van der Waals surface area contributed by atoms with Crippen LogP contribution >= 0.6 is 0 Å². The smallest absolute Gasteiger partial charge is 0.256 e. The number of hydrogen-bond acceptors (Lipinski definition) is 9. The van der Waals surface area contributed by atoms with Crippen LogP contribution in [-0.2, 0) is 23.0 Å². The monoisotopic (exact) mass is 544 g/mol. The van der Waals surface area contributed by atoms with E-state index < -0.39 is 0 Å². The predicted molar refractivity (Wildman–Crippen MR) is 152 cm³/mol. The number of aryl methyl sites for hydroxylation is 2. The van der Waals surface area contributed by atoms with Crippen molar-refractivity contribution in [3.8, 4) is 5.88 Å². The summed E-state index contributed by atoms with van der Waals surface area (Å²) in [4.78, 5) is 29.7. The van der Waals surface area contributed by atoms with Crippen LogP contribution in [0.5, 0.6) is 5.88 Å². The molecule has 1 aliphatic carbocycles. The van der Waals surface area contributed by atoms with Gasteiger partial charge in [-0.1, -0.05) is 13.0 Å². The highest BCUT2D eigenvalue weighted by Crippen LogP contribution is 2.40. The molecule has 3 aromatic heterocycles. The van der Waals surface area contributed by atoms with E-state index in [9.17, 15) is 4.79 Å². The Balaban J connectivity index is 1.20. The Hall–Kier alpha value is -3.83. The molecule has 11 heteroatoms. The number of nitrogens with zero attached hydrogens (tertiary/aromatic N) is 6. The summed E-state index contributed by atoms with van der Waals surface area (Å²) in [6.07, 6.45) is 11.1. The number of amides is 1. The standard InChI is InChI=1S/C29H36N8O3/c1-5-23(37-12-9-29(10-13-37)16-40-17-29)26(38)34-25-21-7-6-20(19(21)8-11-30-25)24-18(2)14-31-28(33-24)32-22-15-36(3)35-27(22)39-4/h6,8,11,14-15,23H,5,7,9-10,12-13,16-17H2,1-4H3,(H,30,34,38)(H,31,32,33). The summed E-state index contributed by atoms with van der Waals surface area (Å²) in [6, 6.07) is 1.82. The van der Waals surface area contributed by atoms with Crippen molar-refractivity contribution >= 4 is 28.9 Å². The maximum Gasteiger partial charge on any atom is 0.256 e. The first kappa shape index (κ1) is 26.4. The summed E-state index contributed by atoms with van der Waals surface area (Å²) >= 11 is 0. The van der Waals surface area contributed by atoms with E-state index in [0.717, 1.165) is 73.5 Å². The van der Waals surface area contributed by atoms with Crippen LogP contribution in [0.1, 0.15) is 48.6 Å². The topological polar surface area (TPSA) is 119 Å². The first-order valence-corrected chi connectivity index (χ1v) is 13.9. The number of carbonyl (C=O) groups is 1. The average Bonchev–Trinajstić information content (AvgIpc) is 3.53. The zero-order valence-corrected chi connectivity index (χ0v) is 23.5. The summed E-state index contributed by atoms with van der Waals surface area (Å²) in [5, 5.41) is 10.7. The molecule has 2 saturated heterocycles. The van der Waals surface area contributed by atoms with Crippen molar-refractivity contribution < 1.29 is 14.3 Å². The molecule has 0 radical (unpaired) electrons. The number of hydrogen-bond donors (Lipinski definition) is 2. The summed E-state index contributed by atoms with van der Waals surface area (Å²) in [7, 11) is 3.41. The van der Waals surface area contributed by atoms with Crippen LogP contribution in [0.2, 0.25) is 0 Å². The highest BCUT2D eigenvalue weighted by molar-refractivity contribution is 5.96. The molecule has 0 bridgehead atoms. The van der Waals surface area contributed by atoms with Crippen molar-refractivity contribution in [3.05, 3.63) is 53.1 Å². The van der Waals surface area contributed by atoms with E-state index in [0.29, 0.717) is 35.2 Å². The Morgan fingerprint density at radius 2 is 2.05 bits per heavy atom. The van der Waals surface area contributed by atoms with Crippen LogP contribution < -0.4 is 15.4 Å². The zero-order valence-electron chi connectivity index (χ0n) is 23.5. The molecule has 2 N–H and O–H groups in total. The summed E-state index contributed by atoms with van der Waals surface area (Å²) < 4.78 is 12.5. The van der Waals surface area contributed by atoms with E-state index in [-0.39, 0.29) is 11.9 Å². The van der Waals surface area contributed by atoms with E-state index in [1.165, 1.54) is 0 Å². The molecule has 40 heavy (non-hydrogen) atoms. The molecule has 3 aromatic rings. The number of allylic oxidation sites excluding steroid dienone is 1. The third kappa shape index (κ3) is 4.84. The van der Waals surface area contributed by atoms with E-state index in [1.54, 1.807) is 24.2 Å². The van der Waals surface area contributed by atoms with Crippen LogP contribution in [0.25, 0.3) is 5.57 Å². The van der Waals surface area contributed by atoms with Gasteiger partial charge in [-0.2, -0.15) is 0 Å². The number of anilines is 3. The quantitative estimate of drug-likeness (QED) is 0.439. The lowest BCUT2D eigenvalue weighted by molar-refractivity contribution is -0.146. The van der Waals surface area contributed by atoms with Crippen LogP contribution in [0.3, 0.4) is 0 Å². The lowest BCUT2D eigenvalue weighted by atomic mass is 9.76. The van der Waals surface area contributed by atoms with Crippen molar-refractivity contribution in [3.63, 3.8) is 0 Å². The third-order valence-electron chi connectivity index (χ3n) is 8.36. The van der Waals surface area contributed by atoms with E-state index in [4.69, 9.17) is 14.5 Å². The lowest BCUT2D eigenvalue weighted by Crippen LogP contribution is -2.55. The summed E-state index contributed by atoms with van der Waals surface area (Å²) in [5.74, 6) is 1.55. The molecule has 11 nitrogen and oxygen atoms in total. The zero-order chi connectivity index (χ0) is 27.9. The summed E-state index contributed by atoms with van der Waals surface area (Å²) in [5.41, 5.74) is 5.84. The number of fused-ring (bicyclic) bond motifs is 1. The van der Waals surface area contributed by atoms with Crippen molar-refractivity contribution in [2.75, 3.05) is 44.0 Å². The number of methoxy groups -OCH3 is 1. The van der Waals surface area contributed by atoms with Crippen molar-refractivity contribution in [2.45, 2.75) is 45.6 Å². The largest absolute Gasteiger partial charge is 0.478 e. The Bertz CT molecular complexity index is 1450. The highest BCUT2D eigenvalue weighted by atomic mass is 16.5. The Kier molecular flexibility index (Phi) is 7.01. The molecular weight excluding hydrogens is 508 g/mol. The van der Waals surface area contributed by atoms with Crippen molar-refractivity contribution in [2.24, 2.45) is 12.5 Å². The third-order valence-corrected chi connectivity index (χ3v) is 8.36. The Labute approximate surface area is 234 Å². The molecule has 0 aromatic carbocycles. The van der Waals surface area contributed by atoms with E-state index in [2.05, 4.69) is 43.6 Å². The van der Waals surface area contributed by atoms with Gasteiger partial charge < -0.3 is 20.1 Å². The molecule has 2 aliphatic heterocycles. The first-order valence-electron chi connectivity index (χ1n) is 13.9. The molecule has 1 amide bonds. The van der Waals surface area contributed by atoms with Gasteiger partial charge in [-0.05, 0) is 62.9 Å². The van der Waals surface area contributed by atoms with Crippen molar-refractivity contribution in [1.29, 1.82) is 0 Å². The maximum absolute atomic E-state index is 13.5. The van der Waals surface area contributed by atoms with Crippen molar-refractivity contribution in [1.82, 2.24) is 29.6 Å².